The molecule has 1 unspecified atom stereocenters. The lowest BCUT2D eigenvalue weighted by atomic mass is 10.1. The maximum atomic E-state index is 13.2. The highest BCUT2D eigenvalue weighted by Crippen LogP contribution is 2.39. The molecule has 0 radical (unpaired) electrons. The number of aromatic nitrogens is 4. The van der Waals surface area contributed by atoms with Gasteiger partial charge in [-0.05, 0) is 31.5 Å². The summed E-state index contributed by atoms with van der Waals surface area (Å²) in [7, 11) is 0. The van der Waals surface area contributed by atoms with E-state index < -0.39 is 24.2 Å². The molecule has 0 spiro atoms. The molecule has 2 aliphatic rings. The number of anilines is 3. The van der Waals surface area contributed by atoms with Crippen molar-refractivity contribution in [2.75, 3.05) is 28.2 Å². The lowest BCUT2D eigenvalue weighted by Crippen LogP contribution is -2.49. The van der Waals surface area contributed by atoms with E-state index in [1.165, 1.54) is 11.0 Å². The van der Waals surface area contributed by atoms with Gasteiger partial charge in [-0.3, -0.25) is 15.0 Å². The number of urea groups is 1. The highest BCUT2D eigenvalue weighted by Gasteiger charge is 2.41. The summed E-state index contributed by atoms with van der Waals surface area (Å²) in [6, 6.07) is 1.95. The van der Waals surface area contributed by atoms with Crippen LogP contribution in [0.25, 0.3) is 11.0 Å². The molecule has 0 aliphatic carbocycles. The average molecular weight is 460 g/mol. The first-order valence-electron chi connectivity index (χ1n) is 10.2. The van der Waals surface area contributed by atoms with Crippen LogP contribution in [-0.2, 0) is 0 Å². The highest BCUT2D eigenvalue weighted by atomic mass is 19.4. The molecule has 0 aromatic carbocycles. The van der Waals surface area contributed by atoms with Gasteiger partial charge in [0.1, 0.15) is 17.4 Å². The largest absolute Gasteiger partial charge is 0.408 e. The van der Waals surface area contributed by atoms with Gasteiger partial charge in [0.05, 0.1) is 11.7 Å². The number of amides is 3. The van der Waals surface area contributed by atoms with Gasteiger partial charge in [0.15, 0.2) is 5.82 Å². The smallest absolute Gasteiger partial charge is 0.366 e. The molecule has 3 aromatic heterocycles. The number of fused-ring (bicyclic) bond motifs is 5. The van der Waals surface area contributed by atoms with Crippen LogP contribution < -0.4 is 20.4 Å². The summed E-state index contributed by atoms with van der Waals surface area (Å²) >= 11 is 0. The van der Waals surface area contributed by atoms with Crippen molar-refractivity contribution in [2.45, 2.75) is 31.6 Å². The molecule has 2 atom stereocenters. The monoisotopic (exact) mass is 460 g/mol. The minimum atomic E-state index is -4.58. The van der Waals surface area contributed by atoms with Crippen LogP contribution in [-0.4, -0.2) is 63.2 Å². The minimum absolute atomic E-state index is 0.0878. The van der Waals surface area contributed by atoms with Crippen molar-refractivity contribution in [2.24, 2.45) is 0 Å². The topological polar surface area (TPSA) is 119 Å². The van der Waals surface area contributed by atoms with Crippen LogP contribution in [0.5, 0.6) is 0 Å². The predicted octanol–water partition coefficient (Wildman–Crippen LogP) is 2.66. The van der Waals surface area contributed by atoms with Gasteiger partial charge in [0.2, 0.25) is 5.95 Å². The van der Waals surface area contributed by atoms with Crippen LogP contribution in [0.3, 0.4) is 0 Å². The van der Waals surface area contributed by atoms with Gasteiger partial charge in [0, 0.05) is 30.9 Å². The Kier molecular flexibility index (Phi) is 4.83. The fraction of sp³-hybridized carbons (Fsp3) is 0.350. The molecule has 5 heterocycles. The zero-order chi connectivity index (χ0) is 23.3. The molecule has 172 valence electrons. The van der Waals surface area contributed by atoms with E-state index in [1.807, 2.05) is 10.2 Å². The molecule has 3 amide bonds. The number of alkyl halides is 3. The number of carbonyl (C=O) groups is 2. The fourth-order valence-electron chi connectivity index (χ4n) is 4.01. The summed E-state index contributed by atoms with van der Waals surface area (Å²) < 4.78 is 38.5. The van der Waals surface area contributed by atoms with E-state index in [4.69, 9.17) is 0 Å². The van der Waals surface area contributed by atoms with E-state index >= 15 is 0 Å². The normalized spacial score (nSPS) is 18.2. The van der Waals surface area contributed by atoms with Crippen molar-refractivity contribution in [1.29, 1.82) is 0 Å². The molecule has 3 aromatic rings. The molecular weight excluding hydrogens is 441 g/mol. The van der Waals surface area contributed by atoms with E-state index in [2.05, 4.69) is 25.3 Å². The summed E-state index contributed by atoms with van der Waals surface area (Å²) in [5.41, 5.74) is 0.969. The number of hydrogen-bond donors (Lipinski definition) is 3. The van der Waals surface area contributed by atoms with Gasteiger partial charge in [-0.1, -0.05) is 0 Å². The van der Waals surface area contributed by atoms with Gasteiger partial charge in [0.25, 0.3) is 5.91 Å². The Morgan fingerprint density at radius 3 is 2.85 bits per heavy atom. The van der Waals surface area contributed by atoms with Crippen LogP contribution >= 0.6 is 0 Å². The van der Waals surface area contributed by atoms with Crippen molar-refractivity contribution in [1.82, 2.24) is 25.3 Å². The molecule has 2 aliphatic heterocycles. The second-order valence-corrected chi connectivity index (χ2v) is 7.94. The molecule has 13 heteroatoms. The molecule has 1 saturated heterocycles. The third kappa shape index (κ3) is 3.79. The Labute approximate surface area is 185 Å². The molecule has 5 rings (SSSR count). The van der Waals surface area contributed by atoms with Crippen molar-refractivity contribution in [3.8, 4) is 0 Å². The van der Waals surface area contributed by atoms with E-state index in [0.717, 1.165) is 12.3 Å². The van der Waals surface area contributed by atoms with E-state index in [9.17, 15) is 22.8 Å². The van der Waals surface area contributed by atoms with Gasteiger partial charge in [-0.25, -0.2) is 14.8 Å². The van der Waals surface area contributed by atoms with E-state index in [-0.39, 0.29) is 23.5 Å². The van der Waals surface area contributed by atoms with Crippen molar-refractivity contribution >= 4 is 40.4 Å². The van der Waals surface area contributed by atoms with Crippen molar-refractivity contribution in [3.63, 3.8) is 0 Å². The number of hydrogen-bond acceptors (Lipinski definition) is 6. The first-order valence-corrected chi connectivity index (χ1v) is 10.2. The third-order valence-corrected chi connectivity index (χ3v) is 5.76. The van der Waals surface area contributed by atoms with Crippen molar-refractivity contribution < 1.29 is 22.8 Å². The van der Waals surface area contributed by atoms with Crippen LogP contribution in [0, 0.1) is 0 Å². The quantitative estimate of drug-likeness (QED) is 0.553. The Bertz CT molecular complexity index is 1240. The second-order valence-electron chi connectivity index (χ2n) is 7.94. The van der Waals surface area contributed by atoms with E-state index in [0.29, 0.717) is 30.8 Å². The zero-order valence-electron chi connectivity index (χ0n) is 17.3. The standard InChI is InChI=1S/C20H19F3N8O2/c1-10(20(21,22)23)26-17(32)13-2-3-14-16(27-13)31(12-5-7-30(14)9-12)19(33)29-18-25-8-11-4-6-24-15(11)28-18/h2-4,6,8,10,12H,5,7,9H2,1H3,(H,26,32)(H2,24,25,28,29,33)/t10-,12?/m1/s1. The Morgan fingerprint density at radius 2 is 2.06 bits per heavy atom. The molecule has 33 heavy (non-hydrogen) atoms. The summed E-state index contributed by atoms with van der Waals surface area (Å²) in [5, 5.41) is 5.34. The number of pyridine rings is 1. The van der Waals surface area contributed by atoms with Gasteiger partial charge in [-0.2, -0.15) is 18.2 Å². The molecule has 2 bridgehead atoms. The number of carbonyl (C=O) groups excluding carboxylic acids is 2. The number of aromatic amines is 1. The van der Waals surface area contributed by atoms with Crippen molar-refractivity contribution in [3.05, 3.63) is 36.3 Å². The lowest BCUT2D eigenvalue weighted by Gasteiger charge is -2.35. The number of H-pyrrole nitrogens is 1. The zero-order valence-corrected chi connectivity index (χ0v) is 17.3. The van der Waals surface area contributed by atoms with Crippen LogP contribution in [0.2, 0.25) is 0 Å². The highest BCUT2D eigenvalue weighted by molar-refractivity contribution is 6.04. The van der Waals surface area contributed by atoms with Gasteiger partial charge >= 0.3 is 12.2 Å². The molecule has 10 nitrogen and oxygen atoms in total. The van der Waals surface area contributed by atoms with Crippen LogP contribution in [0.1, 0.15) is 23.8 Å². The lowest BCUT2D eigenvalue weighted by molar-refractivity contribution is -0.149. The minimum Gasteiger partial charge on any atom is -0.366 e. The third-order valence-electron chi connectivity index (χ3n) is 5.76. The molecule has 1 fully saturated rings. The molecular formula is C20H19F3N8O2. The van der Waals surface area contributed by atoms with Crippen LogP contribution in [0.4, 0.5) is 35.4 Å². The number of nitrogens with one attached hydrogen (secondary N) is 3. The first kappa shape index (κ1) is 21.0. The van der Waals surface area contributed by atoms with Gasteiger partial charge < -0.3 is 15.2 Å². The Hall–Kier alpha value is -3.90. The van der Waals surface area contributed by atoms with E-state index in [1.54, 1.807) is 24.5 Å². The summed E-state index contributed by atoms with van der Waals surface area (Å²) in [5.74, 6) is -0.684. The molecule has 0 saturated carbocycles. The summed E-state index contributed by atoms with van der Waals surface area (Å²) in [6.45, 7) is 2.11. The van der Waals surface area contributed by atoms with Crippen LogP contribution in [0.15, 0.2) is 30.6 Å². The molecule has 3 N–H and O–H groups in total. The maximum Gasteiger partial charge on any atom is 0.408 e. The maximum absolute atomic E-state index is 13.2. The number of halogens is 3. The SMILES string of the molecule is C[C@@H](NC(=O)c1ccc2c(n1)N(C(=O)Nc1ncc3cc[nH]c3n1)C1CCN2C1)C(F)(F)F. The fourth-order valence-corrected chi connectivity index (χ4v) is 4.01. The second kappa shape index (κ2) is 7.60. The Balaban J connectivity index is 1.43. The summed E-state index contributed by atoms with van der Waals surface area (Å²) in [4.78, 5) is 44.7. The first-order chi connectivity index (χ1) is 15.7. The average Bonchev–Trinajstić information content (AvgIpc) is 3.40. The summed E-state index contributed by atoms with van der Waals surface area (Å²) in [6.07, 6.45) is -0.638. The number of rotatable bonds is 3. The van der Waals surface area contributed by atoms with Gasteiger partial charge in [-0.15, -0.1) is 0 Å². The Morgan fingerprint density at radius 1 is 1.24 bits per heavy atom. The number of nitrogens with zero attached hydrogens (tertiary/aromatic N) is 5. The predicted molar refractivity (Wildman–Crippen MR) is 113 cm³/mol.